The van der Waals surface area contributed by atoms with Gasteiger partial charge in [0.25, 0.3) is 5.91 Å². The summed E-state index contributed by atoms with van der Waals surface area (Å²) in [5.74, 6) is 0.888. The molecule has 2 bridgehead atoms. The molecular weight excluding hydrogens is 714 g/mol. The molecule has 2 heterocycles. The summed E-state index contributed by atoms with van der Waals surface area (Å²) in [7, 11) is 3.18. The van der Waals surface area contributed by atoms with Crippen LogP contribution in [0.25, 0.3) is 5.57 Å². The highest BCUT2D eigenvalue weighted by Gasteiger charge is 2.43. The minimum atomic E-state index is -1.29. The largest absolute Gasteiger partial charge is 0.497 e. The summed E-state index contributed by atoms with van der Waals surface area (Å²) in [6.45, 7) is 5.53. The molecular formula is C41H48ClN3O9. The van der Waals surface area contributed by atoms with Crippen molar-refractivity contribution in [2.24, 2.45) is 0 Å². The van der Waals surface area contributed by atoms with E-state index in [0.717, 1.165) is 40.7 Å². The number of halogens is 1. The van der Waals surface area contributed by atoms with Gasteiger partial charge in [-0.15, -0.1) is 0 Å². The maximum atomic E-state index is 14.9. The van der Waals surface area contributed by atoms with Crippen molar-refractivity contribution in [3.05, 3.63) is 87.4 Å². The fourth-order valence-corrected chi connectivity index (χ4v) is 7.44. The first-order valence-corrected chi connectivity index (χ1v) is 18.6. The van der Waals surface area contributed by atoms with Crippen molar-refractivity contribution in [3.63, 3.8) is 0 Å². The number of piperazine rings is 1. The summed E-state index contributed by atoms with van der Waals surface area (Å²) < 4.78 is 22.9. The number of aliphatic hydroxyl groups is 1. The molecule has 2 aliphatic heterocycles. The topological polar surface area (TPSA) is 147 Å². The van der Waals surface area contributed by atoms with E-state index in [4.69, 9.17) is 35.7 Å². The molecule has 6 rings (SSSR count). The average Bonchev–Trinajstić information content (AvgIpc) is 3.99. The van der Waals surface area contributed by atoms with E-state index in [0.29, 0.717) is 66.3 Å². The van der Waals surface area contributed by atoms with Crippen molar-refractivity contribution in [2.45, 2.75) is 76.7 Å². The van der Waals surface area contributed by atoms with Crippen molar-refractivity contribution in [1.82, 2.24) is 15.1 Å². The summed E-state index contributed by atoms with van der Waals surface area (Å²) in [4.78, 5) is 42.9. The Balaban J connectivity index is 1.25. The van der Waals surface area contributed by atoms with Crippen LogP contribution in [0.1, 0.15) is 54.4 Å². The van der Waals surface area contributed by atoms with Crippen molar-refractivity contribution in [3.8, 4) is 23.0 Å². The van der Waals surface area contributed by atoms with Crippen LogP contribution in [0.4, 0.5) is 0 Å². The van der Waals surface area contributed by atoms with Crippen molar-refractivity contribution in [2.75, 3.05) is 40.5 Å². The third-order valence-electron chi connectivity index (χ3n) is 10.2. The molecule has 3 aromatic rings. The number of carbonyl (C=O) groups excluding carboxylic acids is 2. The number of fused-ring (bicyclic) bond motifs is 2. The normalized spacial score (nSPS) is 18.5. The molecule has 54 heavy (non-hydrogen) atoms. The molecule has 3 aromatic carbocycles. The monoisotopic (exact) mass is 761 g/mol. The van der Waals surface area contributed by atoms with Crippen LogP contribution in [0, 0.1) is 13.8 Å². The first-order valence-electron chi connectivity index (χ1n) is 18.2. The number of carboxylic acids is 1. The minimum Gasteiger partial charge on any atom is -0.497 e. The van der Waals surface area contributed by atoms with E-state index in [1.807, 2.05) is 67.3 Å². The number of nitrogens with one attached hydrogen (secondary N) is 1. The number of carbonyl (C=O) groups is 3. The molecule has 12 nitrogen and oxygen atoms in total. The van der Waals surface area contributed by atoms with E-state index in [1.54, 1.807) is 25.2 Å². The first-order chi connectivity index (χ1) is 25.9. The fraction of sp³-hybridized carbons (Fsp3) is 0.439. The number of methoxy groups -OCH3 is 2. The SMILES string of the molecule is COc1cc(CN(C(=O)C2=C(c3ccc(OCCOc4cc(C)c(C)cc4Cl)cc3)C[C@@H]3CN(C(=O)C[C@@H](O)CC(=O)O)C[C@H]2N3)C2CC2)cc(OC)c1. The molecule has 3 N–H and O–H groups in total. The number of rotatable bonds is 16. The Morgan fingerprint density at radius 3 is 2.22 bits per heavy atom. The second-order valence-electron chi connectivity index (χ2n) is 14.2. The molecule has 0 unspecified atom stereocenters. The maximum Gasteiger partial charge on any atom is 0.305 e. The van der Waals surface area contributed by atoms with Crippen LogP contribution in [0.15, 0.2) is 60.2 Å². The lowest BCUT2D eigenvalue weighted by atomic mass is 9.82. The quantitative estimate of drug-likeness (QED) is 0.167. The Hall–Kier alpha value is -4.78. The maximum absolute atomic E-state index is 14.9. The highest BCUT2D eigenvalue weighted by molar-refractivity contribution is 6.32. The Bertz CT molecular complexity index is 1870. The second-order valence-corrected chi connectivity index (χ2v) is 14.6. The van der Waals surface area contributed by atoms with Gasteiger partial charge in [0, 0.05) is 43.4 Å². The number of aliphatic hydroxyl groups excluding tert-OH is 1. The second kappa shape index (κ2) is 17.1. The van der Waals surface area contributed by atoms with E-state index in [1.165, 1.54) is 0 Å². The number of benzene rings is 3. The molecule has 1 saturated heterocycles. The first kappa shape index (κ1) is 38.9. The molecule has 1 aliphatic carbocycles. The molecule has 13 heteroatoms. The Labute approximate surface area is 320 Å². The third kappa shape index (κ3) is 9.47. The van der Waals surface area contributed by atoms with Gasteiger partial charge in [-0.3, -0.25) is 14.4 Å². The zero-order chi connectivity index (χ0) is 38.5. The minimum absolute atomic E-state index is 0.0605. The zero-order valence-electron chi connectivity index (χ0n) is 31.1. The molecule has 0 aromatic heterocycles. The van der Waals surface area contributed by atoms with Gasteiger partial charge in [-0.1, -0.05) is 23.7 Å². The third-order valence-corrected chi connectivity index (χ3v) is 10.5. The Kier molecular flexibility index (Phi) is 12.4. The molecule has 2 amide bonds. The van der Waals surface area contributed by atoms with Gasteiger partial charge in [0.05, 0.1) is 44.2 Å². The van der Waals surface area contributed by atoms with Crippen LogP contribution < -0.4 is 24.3 Å². The Morgan fingerprint density at radius 2 is 1.57 bits per heavy atom. The van der Waals surface area contributed by atoms with Crippen molar-refractivity contribution < 1.29 is 43.5 Å². The fourth-order valence-electron chi connectivity index (χ4n) is 7.17. The molecule has 1 saturated carbocycles. The van der Waals surface area contributed by atoms with Crippen LogP contribution in [0.2, 0.25) is 5.02 Å². The number of aryl methyl sites for hydroxylation is 2. The summed E-state index contributed by atoms with van der Waals surface area (Å²) in [5.41, 5.74) is 5.43. The van der Waals surface area contributed by atoms with E-state index in [-0.39, 0.29) is 36.9 Å². The number of hydrogen-bond donors (Lipinski definition) is 3. The molecule has 2 fully saturated rings. The standard InChI is InChI=1S/C41H48ClN3O9/c1-24-13-35(42)37(14-25(24)2)54-12-11-53-31-9-5-27(6-10-31)34-17-28-22-44(38(47)18-30(46)19-39(48)49)23-36(43-28)40(34)41(50)45(29-7-8-29)21-26-15-32(51-3)20-33(16-26)52-4/h5-6,9-10,13-16,20,28-30,36,43,46H,7-8,11-12,17-19,21-23H2,1-4H3,(H,48,49)/t28-,30-,36-/m1/s1. The predicted octanol–water partition coefficient (Wildman–Crippen LogP) is 5.18. The van der Waals surface area contributed by atoms with Crippen LogP contribution in [-0.2, 0) is 20.9 Å². The number of nitrogens with zero attached hydrogens (tertiary/aromatic N) is 2. The van der Waals surface area contributed by atoms with Crippen molar-refractivity contribution >= 4 is 35.0 Å². The number of aliphatic carboxylic acids is 1. The van der Waals surface area contributed by atoms with Gasteiger partial charge in [0.1, 0.15) is 36.2 Å². The van der Waals surface area contributed by atoms with Crippen LogP contribution >= 0.6 is 11.6 Å². The van der Waals surface area contributed by atoms with Crippen LogP contribution in [0.5, 0.6) is 23.0 Å². The van der Waals surface area contributed by atoms with Gasteiger partial charge in [0.2, 0.25) is 5.91 Å². The van der Waals surface area contributed by atoms with E-state index < -0.39 is 24.5 Å². The Morgan fingerprint density at radius 1 is 0.907 bits per heavy atom. The highest BCUT2D eigenvalue weighted by atomic mass is 35.5. The predicted molar refractivity (Wildman–Crippen MR) is 203 cm³/mol. The molecule has 288 valence electrons. The summed E-state index contributed by atoms with van der Waals surface area (Å²) in [5, 5.41) is 23.5. The average molecular weight is 762 g/mol. The van der Waals surface area contributed by atoms with Crippen LogP contribution in [0.3, 0.4) is 0 Å². The molecule has 0 spiro atoms. The number of carboxylic acid groups (broad SMARTS) is 1. The molecule has 3 aliphatic rings. The summed E-state index contributed by atoms with van der Waals surface area (Å²) >= 11 is 6.36. The van der Waals surface area contributed by atoms with E-state index in [9.17, 15) is 19.5 Å². The lowest BCUT2D eigenvalue weighted by Crippen LogP contribution is -2.62. The summed E-state index contributed by atoms with van der Waals surface area (Å²) in [6, 6.07) is 16.5. The van der Waals surface area contributed by atoms with Gasteiger partial charge >= 0.3 is 5.97 Å². The lowest BCUT2D eigenvalue weighted by molar-refractivity contribution is -0.141. The van der Waals surface area contributed by atoms with E-state index >= 15 is 0 Å². The number of hydrogen-bond acceptors (Lipinski definition) is 9. The van der Waals surface area contributed by atoms with Gasteiger partial charge in [0.15, 0.2) is 0 Å². The smallest absolute Gasteiger partial charge is 0.305 e. The van der Waals surface area contributed by atoms with E-state index in [2.05, 4.69) is 5.32 Å². The van der Waals surface area contributed by atoms with Gasteiger partial charge in [-0.05, 0) is 97.3 Å². The molecule has 0 radical (unpaired) electrons. The molecule has 3 atom stereocenters. The summed E-state index contributed by atoms with van der Waals surface area (Å²) in [6.07, 6.45) is 0.134. The van der Waals surface area contributed by atoms with Crippen molar-refractivity contribution in [1.29, 1.82) is 0 Å². The number of ether oxygens (including phenoxy) is 4. The zero-order valence-corrected chi connectivity index (χ0v) is 31.9. The van der Waals surface area contributed by atoms with Gasteiger partial charge in [-0.2, -0.15) is 0 Å². The van der Waals surface area contributed by atoms with Gasteiger partial charge < -0.3 is 44.3 Å². The highest BCUT2D eigenvalue weighted by Crippen LogP contribution is 2.38. The van der Waals surface area contributed by atoms with Crippen LogP contribution in [-0.4, -0.2) is 103 Å². The number of amides is 2. The lowest BCUT2D eigenvalue weighted by Gasteiger charge is -2.45. The van der Waals surface area contributed by atoms with Gasteiger partial charge in [-0.25, -0.2) is 0 Å².